The minimum Gasteiger partial charge on any atom is -0.480 e. The van der Waals surface area contributed by atoms with Crippen LogP contribution in [-0.4, -0.2) is 82.3 Å². The van der Waals surface area contributed by atoms with Crippen molar-refractivity contribution in [2.45, 2.75) is 37.0 Å². The number of hydrogen-bond acceptors (Lipinski definition) is 8. The van der Waals surface area contributed by atoms with E-state index in [0.29, 0.717) is 5.56 Å². The van der Waals surface area contributed by atoms with Crippen LogP contribution in [0.3, 0.4) is 0 Å². The van der Waals surface area contributed by atoms with Gasteiger partial charge in [0, 0.05) is 6.42 Å². The van der Waals surface area contributed by atoms with Crippen LogP contribution in [0, 0.1) is 0 Å². The van der Waals surface area contributed by atoms with Crippen molar-refractivity contribution in [3.8, 4) is 0 Å². The Morgan fingerprint density at radius 1 is 0.812 bits per heavy atom. The number of aliphatic hydroxyl groups is 2. The van der Waals surface area contributed by atoms with E-state index in [0.717, 1.165) is 0 Å². The molecule has 1 aromatic carbocycles. The Hall–Kier alpha value is -3.55. The molecule has 0 aliphatic rings. The Morgan fingerprint density at radius 3 is 1.81 bits per heavy atom. The number of carboxylic acids is 1. The minimum absolute atomic E-state index is 0.0180. The summed E-state index contributed by atoms with van der Waals surface area (Å²) in [5, 5.41) is 33.9. The lowest BCUT2D eigenvalue weighted by Crippen LogP contribution is -2.59. The van der Waals surface area contributed by atoms with Gasteiger partial charge in [0.05, 0.1) is 25.7 Å². The second-order valence-electron chi connectivity index (χ2n) is 6.85. The van der Waals surface area contributed by atoms with Crippen LogP contribution in [-0.2, 0) is 30.4 Å². The van der Waals surface area contributed by atoms with Gasteiger partial charge in [-0.15, -0.1) is 0 Å². The molecule has 0 bridgehead atoms. The molecule has 1 aromatic rings. The van der Waals surface area contributed by atoms with E-state index in [9.17, 15) is 29.1 Å². The van der Waals surface area contributed by atoms with Gasteiger partial charge in [0.1, 0.15) is 18.1 Å². The van der Waals surface area contributed by atoms with Gasteiger partial charge < -0.3 is 42.7 Å². The van der Waals surface area contributed by atoms with Crippen molar-refractivity contribution in [2.75, 3.05) is 13.2 Å². The van der Waals surface area contributed by atoms with Crippen molar-refractivity contribution in [3.05, 3.63) is 35.9 Å². The normalized spacial score (nSPS) is 14.3. The molecule has 13 heteroatoms. The molecule has 13 nitrogen and oxygen atoms in total. The predicted molar refractivity (Wildman–Crippen MR) is 110 cm³/mol. The smallest absolute Gasteiger partial charge is 0.328 e. The molecule has 0 heterocycles. The number of aliphatic hydroxyl groups excluding tert-OH is 2. The number of benzene rings is 1. The molecule has 0 aliphatic carbocycles. The van der Waals surface area contributed by atoms with Crippen LogP contribution in [0.1, 0.15) is 12.0 Å². The van der Waals surface area contributed by atoms with E-state index in [4.69, 9.17) is 21.7 Å². The molecule has 1 rings (SSSR count). The lowest BCUT2D eigenvalue weighted by atomic mass is 10.0. The summed E-state index contributed by atoms with van der Waals surface area (Å²) in [6.45, 7) is -1.79. The Labute approximate surface area is 183 Å². The molecule has 32 heavy (non-hydrogen) atoms. The van der Waals surface area contributed by atoms with Crippen LogP contribution in [0.15, 0.2) is 30.3 Å². The highest BCUT2D eigenvalue weighted by molar-refractivity contribution is 5.95. The monoisotopic (exact) mass is 453 g/mol. The lowest BCUT2D eigenvalue weighted by molar-refractivity contribution is -0.143. The van der Waals surface area contributed by atoms with Crippen LogP contribution in [0.5, 0.6) is 0 Å². The number of carbonyl (C=O) groups excluding carboxylic acids is 4. The van der Waals surface area contributed by atoms with Crippen molar-refractivity contribution in [1.82, 2.24) is 16.0 Å². The first-order valence-electron chi connectivity index (χ1n) is 9.52. The Bertz CT molecular complexity index is 819. The summed E-state index contributed by atoms with van der Waals surface area (Å²) in [5.41, 5.74) is 11.3. The highest BCUT2D eigenvalue weighted by atomic mass is 16.4. The minimum atomic E-state index is -1.64. The number of hydrogen-bond donors (Lipinski definition) is 8. The molecule has 0 spiro atoms. The molecule has 0 saturated carbocycles. The van der Waals surface area contributed by atoms with Gasteiger partial charge in [0.2, 0.25) is 23.6 Å². The van der Waals surface area contributed by atoms with Gasteiger partial charge in [-0.05, 0) is 5.56 Å². The Balaban J connectivity index is 2.97. The molecule has 4 atom stereocenters. The fourth-order valence-corrected chi connectivity index (χ4v) is 2.57. The highest BCUT2D eigenvalue weighted by Crippen LogP contribution is 2.05. The fourth-order valence-electron chi connectivity index (χ4n) is 2.57. The summed E-state index contributed by atoms with van der Waals surface area (Å²) in [6, 6.07) is 2.76. The third-order valence-electron chi connectivity index (χ3n) is 4.29. The summed E-state index contributed by atoms with van der Waals surface area (Å²) in [7, 11) is 0. The SMILES string of the molecule is NC(=O)CC(N)C(=O)NC(Cc1ccccc1)C(=O)NC(CO)C(=O)NC(CO)C(=O)O. The molecular weight excluding hydrogens is 426 g/mol. The standard InChI is InChI=1S/C19H27N5O8/c20-11(7-15(21)27)16(28)22-12(6-10-4-2-1-3-5-10)17(29)23-13(8-25)18(30)24-14(9-26)19(31)32/h1-5,11-14,25-26H,6-9,20H2,(H2,21,27)(H,22,28)(H,23,29)(H,24,30)(H,31,32). The second-order valence-corrected chi connectivity index (χ2v) is 6.85. The molecule has 0 fully saturated rings. The van der Waals surface area contributed by atoms with Crippen LogP contribution in [0.25, 0.3) is 0 Å². The molecule has 0 saturated heterocycles. The predicted octanol–water partition coefficient (Wildman–Crippen LogP) is -4.04. The van der Waals surface area contributed by atoms with Crippen molar-refractivity contribution >= 4 is 29.6 Å². The van der Waals surface area contributed by atoms with Crippen LogP contribution in [0.2, 0.25) is 0 Å². The van der Waals surface area contributed by atoms with Crippen LogP contribution < -0.4 is 27.4 Å². The zero-order valence-electron chi connectivity index (χ0n) is 17.1. The number of nitrogens with two attached hydrogens (primary N) is 2. The summed E-state index contributed by atoms with van der Waals surface area (Å²) in [6.07, 6.45) is -0.471. The second kappa shape index (κ2) is 13.0. The maximum atomic E-state index is 12.8. The van der Waals surface area contributed by atoms with Crippen LogP contribution >= 0.6 is 0 Å². The zero-order valence-corrected chi connectivity index (χ0v) is 17.1. The van der Waals surface area contributed by atoms with Gasteiger partial charge in [0.25, 0.3) is 0 Å². The van der Waals surface area contributed by atoms with E-state index < -0.39 is 73.4 Å². The molecule has 176 valence electrons. The highest BCUT2D eigenvalue weighted by Gasteiger charge is 2.30. The molecule has 0 radical (unpaired) electrons. The Kier molecular flexibility index (Phi) is 10.8. The average molecular weight is 453 g/mol. The fraction of sp³-hybridized carbons (Fsp3) is 0.421. The van der Waals surface area contributed by atoms with E-state index in [1.807, 2.05) is 5.32 Å². The zero-order chi connectivity index (χ0) is 24.3. The number of rotatable bonds is 13. The number of aliphatic carboxylic acids is 1. The molecule has 4 unspecified atom stereocenters. The lowest BCUT2D eigenvalue weighted by Gasteiger charge is -2.24. The Morgan fingerprint density at radius 2 is 1.31 bits per heavy atom. The number of amides is 4. The van der Waals surface area contributed by atoms with Crippen molar-refractivity contribution in [3.63, 3.8) is 0 Å². The maximum Gasteiger partial charge on any atom is 0.328 e. The van der Waals surface area contributed by atoms with Gasteiger partial charge in [-0.1, -0.05) is 30.3 Å². The van der Waals surface area contributed by atoms with Gasteiger partial charge in [-0.3, -0.25) is 19.2 Å². The number of carboxylic acid groups (broad SMARTS) is 1. The third kappa shape index (κ3) is 8.67. The maximum absolute atomic E-state index is 12.8. The summed E-state index contributed by atoms with van der Waals surface area (Å²) >= 11 is 0. The first-order valence-corrected chi connectivity index (χ1v) is 9.52. The van der Waals surface area contributed by atoms with E-state index in [1.54, 1.807) is 30.3 Å². The summed E-state index contributed by atoms with van der Waals surface area (Å²) < 4.78 is 0. The van der Waals surface area contributed by atoms with E-state index in [1.165, 1.54) is 0 Å². The van der Waals surface area contributed by atoms with Crippen molar-refractivity contribution in [1.29, 1.82) is 0 Å². The van der Waals surface area contributed by atoms with Gasteiger partial charge in [0.15, 0.2) is 0 Å². The van der Waals surface area contributed by atoms with Crippen molar-refractivity contribution in [2.24, 2.45) is 11.5 Å². The van der Waals surface area contributed by atoms with Gasteiger partial charge in [-0.25, -0.2) is 4.79 Å². The molecule has 0 aliphatic heterocycles. The summed E-state index contributed by atoms with van der Waals surface area (Å²) in [5.74, 6) is -5.10. The number of primary amides is 1. The molecule has 4 amide bonds. The third-order valence-corrected chi connectivity index (χ3v) is 4.29. The van der Waals surface area contributed by atoms with E-state index in [-0.39, 0.29) is 6.42 Å². The first kappa shape index (κ1) is 26.5. The van der Waals surface area contributed by atoms with Crippen molar-refractivity contribution < 1.29 is 39.3 Å². The largest absolute Gasteiger partial charge is 0.480 e. The van der Waals surface area contributed by atoms with Gasteiger partial charge >= 0.3 is 5.97 Å². The number of nitrogens with one attached hydrogen (secondary N) is 3. The molecule has 0 aromatic heterocycles. The summed E-state index contributed by atoms with van der Waals surface area (Å²) in [4.78, 5) is 59.2. The topological polar surface area (TPSA) is 234 Å². The van der Waals surface area contributed by atoms with Crippen LogP contribution in [0.4, 0.5) is 0 Å². The quantitative estimate of drug-likeness (QED) is 0.145. The van der Waals surface area contributed by atoms with E-state index >= 15 is 0 Å². The molecular formula is C19H27N5O8. The van der Waals surface area contributed by atoms with Gasteiger partial charge in [-0.2, -0.15) is 0 Å². The number of carbonyl (C=O) groups is 5. The first-order chi connectivity index (χ1) is 15.1. The molecule has 10 N–H and O–H groups in total. The van der Waals surface area contributed by atoms with E-state index in [2.05, 4.69) is 10.6 Å². The average Bonchev–Trinajstić information content (AvgIpc) is 2.74.